The van der Waals surface area contributed by atoms with Crippen LogP contribution >= 0.6 is 0 Å². The molecule has 0 aliphatic rings. The van der Waals surface area contributed by atoms with Crippen molar-refractivity contribution in [2.24, 2.45) is 0 Å². The van der Waals surface area contributed by atoms with Gasteiger partial charge in [0.25, 0.3) is 0 Å². The smallest absolute Gasteiger partial charge is 0.421 e. The van der Waals surface area contributed by atoms with E-state index in [1.165, 1.54) is 11.3 Å². The molecule has 0 saturated carbocycles. The van der Waals surface area contributed by atoms with Crippen molar-refractivity contribution in [3.63, 3.8) is 0 Å². The summed E-state index contributed by atoms with van der Waals surface area (Å²) in [5.41, 5.74) is 1.70. The molecule has 3 aromatic rings. The van der Waals surface area contributed by atoms with E-state index in [0.29, 0.717) is 5.69 Å². The van der Waals surface area contributed by atoms with Gasteiger partial charge in [-0.3, -0.25) is 0 Å². The third-order valence-corrected chi connectivity index (χ3v) is 5.20. The minimum Gasteiger partial charge on any atom is -0.459 e. The first kappa shape index (κ1) is 23.6. The summed E-state index contributed by atoms with van der Waals surface area (Å²) in [5.74, 6) is -0.237. The van der Waals surface area contributed by atoms with E-state index in [2.05, 4.69) is 16.9 Å². The van der Waals surface area contributed by atoms with Crippen LogP contribution in [0.5, 0.6) is 6.01 Å². The average Bonchev–Trinajstić information content (AvgIpc) is 2.80. The topological polar surface area (TPSA) is 38.2 Å². The predicted octanol–water partition coefficient (Wildman–Crippen LogP) is 6.97. The SMILES string of the molecule is CCCCCCc1cccc(N(C)c2nc(OCc3ccccc3)ncc2C(F)(F)F)c1. The number of rotatable bonds is 10. The number of alkyl halides is 3. The number of anilines is 2. The second-order valence-electron chi connectivity index (χ2n) is 7.70. The van der Waals surface area contributed by atoms with Crippen molar-refractivity contribution in [3.8, 4) is 6.01 Å². The highest BCUT2D eigenvalue weighted by molar-refractivity contribution is 5.63. The van der Waals surface area contributed by atoms with Crippen LogP contribution in [0.2, 0.25) is 0 Å². The van der Waals surface area contributed by atoms with Gasteiger partial charge in [-0.25, -0.2) is 4.98 Å². The molecule has 0 unspecified atom stereocenters. The summed E-state index contributed by atoms with van der Waals surface area (Å²) in [6, 6.07) is 16.8. The Morgan fingerprint density at radius 1 is 0.938 bits per heavy atom. The Kier molecular flexibility index (Phi) is 8.09. The van der Waals surface area contributed by atoms with E-state index in [1.54, 1.807) is 13.1 Å². The first-order valence-corrected chi connectivity index (χ1v) is 10.8. The van der Waals surface area contributed by atoms with Crippen LogP contribution in [0.25, 0.3) is 0 Å². The highest BCUT2D eigenvalue weighted by Gasteiger charge is 2.36. The monoisotopic (exact) mass is 443 g/mol. The average molecular weight is 444 g/mol. The van der Waals surface area contributed by atoms with E-state index in [-0.39, 0.29) is 18.4 Å². The molecule has 0 bridgehead atoms. The third kappa shape index (κ3) is 6.45. The maximum absolute atomic E-state index is 13.7. The summed E-state index contributed by atoms with van der Waals surface area (Å²) in [4.78, 5) is 9.35. The van der Waals surface area contributed by atoms with E-state index in [9.17, 15) is 13.2 Å². The van der Waals surface area contributed by atoms with Gasteiger partial charge in [-0.2, -0.15) is 18.2 Å². The highest BCUT2D eigenvalue weighted by Crippen LogP contribution is 2.38. The van der Waals surface area contributed by atoms with Gasteiger partial charge < -0.3 is 9.64 Å². The molecule has 3 rings (SSSR count). The molecule has 0 radical (unpaired) electrons. The van der Waals surface area contributed by atoms with E-state index in [1.807, 2.05) is 48.5 Å². The molecule has 32 heavy (non-hydrogen) atoms. The van der Waals surface area contributed by atoms with Gasteiger partial charge in [0.15, 0.2) is 5.82 Å². The van der Waals surface area contributed by atoms with Crippen molar-refractivity contribution >= 4 is 11.5 Å². The van der Waals surface area contributed by atoms with Crippen LogP contribution in [0, 0.1) is 0 Å². The van der Waals surface area contributed by atoms with Gasteiger partial charge in [0, 0.05) is 18.9 Å². The van der Waals surface area contributed by atoms with Crippen LogP contribution < -0.4 is 9.64 Å². The highest BCUT2D eigenvalue weighted by atomic mass is 19.4. The number of nitrogens with zero attached hydrogens (tertiary/aromatic N) is 3. The van der Waals surface area contributed by atoms with Crippen LogP contribution in [-0.4, -0.2) is 17.0 Å². The van der Waals surface area contributed by atoms with Gasteiger partial charge in [0.2, 0.25) is 0 Å². The predicted molar refractivity (Wildman–Crippen MR) is 120 cm³/mol. The van der Waals surface area contributed by atoms with Gasteiger partial charge in [-0.1, -0.05) is 68.7 Å². The van der Waals surface area contributed by atoms with Crippen LogP contribution in [-0.2, 0) is 19.2 Å². The Morgan fingerprint density at radius 3 is 2.41 bits per heavy atom. The lowest BCUT2D eigenvalue weighted by molar-refractivity contribution is -0.137. The largest absolute Gasteiger partial charge is 0.459 e. The molecule has 0 N–H and O–H groups in total. The first-order chi connectivity index (χ1) is 15.4. The molecule has 0 aliphatic carbocycles. The lowest BCUT2D eigenvalue weighted by atomic mass is 10.1. The number of ether oxygens (including phenoxy) is 1. The lowest BCUT2D eigenvalue weighted by Gasteiger charge is -2.23. The van der Waals surface area contributed by atoms with Crippen molar-refractivity contribution < 1.29 is 17.9 Å². The van der Waals surface area contributed by atoms with Crippen molar-refractivity contribution in [3.05, 3.63) is 77.5 Å². The molecule has 0 fully saturated rings. The normalized spacial score (nSPS) is 11.4. The maximum atomic E-state index is 13.7. The van der Waals surface area contributed by atoms with Crippen molar-refractivity contribution in [1.82, 2.24) is 9.97 Å². The minimum atomic E-state index is -4.58. The van der Waals surface area contributed by atoms with Crippen LogP contribution in [0.1, 0.15) is 49.3 Å². The number of benzene rings is 2. The summed E-state index contributed by atoms with van der Waals surface area (Å²) in [7, 11) is 1.58. The molecule has 1 aromatic heterocycles. The fraction of sp³-hybridized carbons (Fsp3) is 0.360. The van der Waals surface area contributed by atoms with Gasteiger partial charge in [0.1, 0.15) is 12.2 Å². The second-order valence-corrected chi connectivity index (χ2v) is 7.70. The Labute approximate surface area is 187 Å². The molecule has 4 nitrogen and oxygen atoms in total. The summed E-state index contributed by atoms with van der Waals surface area (Å²) >= 11 is 0. The van der Waals surface area contributed by atoms with Gasteiger partial charge in [-0.15, -0.1) is 0 Å². The fourth-order valence-corrected chi connectivity index (χ4v) is 3.40. The van der Waals surface area contributed by atoms with E-state index < -0.39 is 11.7 Å². The molecular weight excluding hydrogens is 415 g/mol. The fourth-order valence-electron chi connectivity index (χ4n) is 3.40. The number of unbranched alkanes of at least 4 members (excludes halogenated alkanes) is 3. The molecule has 170 valence electrons. The zero-order valence-electron chi connectivity index (χ0n) is 18.4. The van der Waals surface area contributed by atoms with E-state index >= 15 is 0 Å². The molecular formula is C25H28F3N3O. The van der Waals surface area contributed by atoms with Gasteiger partial charge in [-0.05, 0) is 36.1 Å². The van der Waals surface area contributed by atoms with Crippen LogP contribution in [0.4, 0.5) is 24.7 Å². The lowest BCUT2D eigenvalue weighted by Crippen LogP contribution is -2.19. The molecule has 2 aromatic carbocycles. The van der Waals surface area contributed by atoms with Gasteiger partial charge >= 0.3 is 12.2 Å². The molecule has 0 saturated heterocycles. The van der Waals surface area contributed by atoms with E-state index in [4.69, 9.17) is 4.74 Å². The van der Waals surface area contributed by atoms with E-state index in [0.717, 1.165) is 43.0 Å². The third-order valence-electron chi connectivity index (χ3n) is 5.20. The number of aryl methyl sites for hydroxylation is 1. The summed E-state index contributed by atoms with van der Waals surface area (Å²) in [5, 5.41) is 0. The van der Waals surface area contributed by atoms with Crippen LogP contribution in [0.15, 0.2) is 60.8 Å². The maximum Gasteiger partial charge on any atom is 0.421 e. The Bertz CT molecular complexity index is 993. The molecule has 7 heteroatoms. The van der Waals surface area contributed by atoms with Crippen molar-refractivity contribution in [2.75, 3.05) is 11.9 Å². The zero-order valence-corrected chi connectivity index (χ0v) is 18.4. The zero-order chi connectivity index (χ0) is 23.0. The summed E-state index contributed by atoms with van der Waals surface area (Å²) in [6.45, 7) is 2.33. The molecule has 1 heterocycles. The van der Waals surface area contributed by atoms with Crippen molar-refractivity contribution in [2.45, 2.75) is 51.8 Å². The van der Waals surface area contributed by atoms with Crippen LogP contribution in [0.3, 0.4) is 0 Å². The summed E-state index contributed by atoms with van der Waals surface area (Å²) in [6.07, 6.45) is 1.63. The molecule has 0 spiro atoms. The number of hydrogen-bond acceptors (Lipinski definition) is 4. The van der Waals surface area contributed by atoms with Gasteiger partial charge in [0.05, 0.1) is 0 Å². The summed E-state index contributed by atoms with van der Waals surface area (Å²) < 4.78 is 46.6. The second kappa shape index (κ2) is 11.0. The molecule has 0 amide bonds. The first-order valence-electron chi connectivity index (χ1n) is 10.8. The molecule has 0 aliphatic heterocycles. The standard InChI is InChI=1S/C25H28F3N3O/c1-3-4-5-7-11-19-14-10-15-21(16-19)31(2)23-22(25(26,27)28)17-29-24(30-23)32-18-20-12-8-6-9-13-20/h6,8-10,12-17H,3-5,7,11,18H2,1-2H3. The molecule has 0 atom stereocenters. The number of aromatic nitrogens is 2. The van der Waals surface area contributed by atoms with Crippen molar-refractivity contribution in [1.29, 1.82) is 0 Å². The number of halogens is 3. The Hall–Kier alpha value is -3.09. The number of hydrogen-bond donors (Lipinski definition) is 0. The minimum absolute atomic E-state index is 0.0978. The Balaban J connectivity index is 1.83. The quantitative estimate of drug-likeness (QED) is 0.317. The Morgan fingerprint density at radius 2 is 1.69 bits per heavy atom.